The molecule has 2 aliphatic rings. The van der Waals surface area contributed by atoms with Crippen LogP contribution in [0.3, 0.4) is 0 Å². The average Bonchev–Trinajstić information content (AvgIpc) is 2.37. The van der Waals surface area contributed by atoms with Gasteiger partial charge in [-0.2, -0.15) is 0 Å². The summed E-state index contributed by atoms with van der Waals surface area (Å²) in [5, 5.41) is 10.8. The maximum atomic E-state index is 10.8. The second kappa shape index (κ2) is 4.59. The molecule has 0 heterocycles. The maximum Gasteiger partial charge on any atom is 0.0656 e. The number of hydrogen-bond acceptors (Lipinski definition) is 1. The molecule has 3 rings (SSSR count). The summed E-state index contributed by atoms with van der Waals surface area (Å²) in [6.45, 7) is 8.97. The molecule has 0 spiro atoms. The van der Waals surface area contributed by atoms with E-state index in [1.54, 1.807) is 0 Å². The van der Waals surface area contributed by atoms with Crippen molar-refractivity contribution in [1.82, 2.24) is 0 Å². The highest BCUT2D eigenvalue weighted by Gasteiger charge is 2.50. The molecule has 1 fully saturated rings. The summed E-state index contributed by atoms with van der Waals surface area (Å²) in [5.41, 5.74) is 4.19. The molecule has 0 aromatic heterocycles. The molecule has 0 bridgehead atoms. The third kappa shape index (κ3) is 2.02. The lowest BCUT2D eigenvalue weighted by Crippen LogP contribution is -2.52. The van der Waals surface area contributed by atoms with Crippen LogP contribution in [-0.4, -0.2) is 10.7 Å². The van der Waals surface area contributed by atoms with Crippen molar-refractivity contribution in [3.8, 4) is 0 Å². The van der Waals surface area contributed by atoms with Gasteiger partial charge in [0.1, 0.15) is 0 Å². The smallest absolute Gasteiger partial charge is 0.0656 e. The third-order valence-corrected chi connectivity index (χ3v) is 6.01. The van der Waals surface area contributed by atoms with E-state index in [9.17, 15) is 5.11 Å². The fourth-order valence-corrected chi connectivity index (χ4v) is 4.84. The van der Waals surface area contributed by atoms with Crippen LogP contribution in [0, 0.1) is 5.92 Å². The van der Waals surface area contributed by atoms with E-state index in [-0.39, 0.29) is 5.41 Å². The molecule has 20 heavy (non-hydrogen) atoms. The fraction of sp³-hybridized carbons (Fsp3) is 0.684. The predicted molar refractivity (Wildman–Crippen MR) is 84.2 cm³/mol. The van der Waals surface area contributed by atoms with E-state index in [0.717, 1.165) is 25.7 Å². The summed E-state index contributed by atoms with van der Waals surface area (Å²) in [6, 6.07) is 7.09. The summed E-state index contributed by atoms with van der Waals surface area (Å²) in [6.07, 6.45) is 5.60. The van der Waals surface area contributed by atoms with Gasteiger partial charge in [0.15, 0.2) is 0 Å². The van der Waals surface area contributed by atoms with Crippen LogP contribution in [-0.2, 0) is 11.8 Å². The molecule has 1 saturated carbocycles. The van der Waals surface area contributed by atoms with Gasteiger partial charge in [0.2, 0.25) is 0 Å². The van der Waals surface area contributed by atoms with E-state index < -0.39 is 5.60 Å². The molecule has 1 nitrogen and oxygen atoms in total. The van der Waals surface area contributed by atoms with Gasteiger partial charge in [-0.25, -0.2) is 0 Å². The van der Waals surface area contributed by atoms with Gasteiger partial charge >= 0.3 is 0 Å². The Kier molecular flexibility index (Phi) is 3.25. The van der Waals surface area contributed by atoms with Crippen molar-refractivity contribution < 1.29 is 5.11 Å². The molecule has 0 aliphatic heterocycles. The van der Waals surface area contributed by atoms with E-state index in [1.165, 1.54) is 23.1 Å². The first-order valence-electron chi connectivity index (χ1n) is 8.20. The number of aryl methyl sites for hydroxylation is 1. The second-order valence-electron chi connectivity index (χ2n) is 7.79. The third-order valence-electron chi connectivity index (χ3n) is 6.01. The van der Waals surface area contributed by atoms with Crippen LogP contribution < -0.4 is 0 Å². The molecule has 1 N–H and O–H groups in total. The van der Waals surface area contributed by atoms with Crippen LogP contribution in [0.25, 0.3) is 0 Å². The van der Waals surface area contributed by atoms with Gasteiger partial charge in [-0.1, -0.05) is 39.0 Å². The summed E-state index contributed by atoms with van der Waals surface area (Å²) >= 11 is 0. The Morgan fingerprint density at radius 2 is 1.95 bits per heavy atom. The minimum Gasteiger partial charge on any atom is -0.390 e. The van der Waals surface area contributed by atoms with Gasteiger partial charge in [-0.3, -0.25) is 0 Å². The van der Waals surface area contributed by atoms with E-state index in [4.69, 9.17) is 0 Å². The number of rotatable bonds is 1. The molecule has 0 saturated heterocycles. The van der Waals surface area contributed by atoms with Crippen LogP contribution in [0.15, 0.2) is 18.2 Å². The maximum absolute atomic E-state index is 10.8. The van der Waals surface area contributed by atoms with Gasteiger partial charge in [0.25, 0.3) is 0 Å². The van der Waals surface area contributed by atoms with Crippen molar-refractivity contribution in [3.05, 3.63) is 34.9 Å². The Labute approximate surface area is 123 Å². The Morgan fingerprint density at radius 1 is 1.20 bits per heavy atom. The van der Waals surface area contributed by atoms with Crippen LogP contribution in [0.1, 0.15) is 76.0 Å². The van der Waals surface area contributed by atoms with E-state index in [1.807, 2.05) is 0 Å². The summed E-state index contributed by atoms with van der Waals surface area (Å²) in [7, 11) is 0. The number of aliphatic hydroxyl groups is 1. The molecule has 1 heteroatoms. The Bertz CT molecular complexity index is 514. The standard InChI is InChI=1S/C19H28O/c1-13(2)14-6-8-16-15(12-14)7-9-17-18(16,3)10-5-11-19(17,4)20/h6,8,12-13,17,20H,5,7,9-11H2,1-4H3/t17-,18-,19-/m0/s1. The summed E-state index contributed by atoms with van der Waals surface area (Å²) < 4.78 is 0. The zero-order valence-corrected chi connectivity index (χ0v) is 13.4. The van der Waals surface area contributed by atoms with E-state index in [0.29, 0.717) is 11.8 Å². The molecule has 0 amide bonds. The average molecular weight is 272 g/mol. The lowest BCUT2D eigenvalue weighted by Gasteiger charge is -2.53. The Balaban J connectivity index is 2.06. The predicted octanol–water partition coefficient (Wildman–Crippen LogP) is 4.57. The zero-order chi connectivity index (χ0) is 14.5. The number of fused-ring (bicyclic) bond motifs is 3. The van der Waals surface area contributed by atoms with Gasteiger partial charge in [-0.15, -0.1) is 0 Å². The summed E-state index contributed by atoms with van der Waals surface area (Å²) in [5.74, 6) is 1.02. The van der Waals surface area contributed by atoms with Crippen molar-refractivity contribution in [2.75, 3.05) is 0 Å². The normalized spacial score (nSPS) is 36.6. The lowest BCUT2D eigenvalue weighted by molar-refractivity contribution is -0.0748. The first-order chi connectivity index (χ1) is 9.34. The van der Waals surface area contributed by atoms with Gasteiger partial charge in [-0.05, 0) is 73.0 Å². The number of benzene rings is 1. The molecular weight excluding hydrogens is 244 g/mol. The molecule has 2 aliphatic carbocycles. The van der Waals surface area contributed by atoms with Crippen LogP contribution >= 0.6 is 0 Å². The highest BCUT2D eigenvalue weighted by molar-refractivity contribution is 5.42. The molecule has 110 valence electrons. The SMILES string of the molecule is CC(C)c1ccc2c(c1)CC[C@@H]1[C@@](C)(O)CCC[C@@]21C. The minimum absolute atomic E-state index is 0.171. The second-order valence-corrected chi connectivity index (χ2v) is 7.79. The highest BCUT2D eigenvalue weighted by Crippen LogP contribution is 2.53. The van der Waals surface area contributed by atoms with Crippen LogP contribution in [0.2, 0.25) is 0 Å². The molecule has 0 unspecified atom stereocenters. The zero-order valence-electron chi connectivity index (χ0n) is 13.4. The molecular formula is C19H28O. The van der Waals surface area contributed by atoms with Crippen LogP contribution in [0.4, 0.5) is 0 Å². The minimum atomic E-state index is -0.485. The van der Waals surface area contributed by atoms with Gasteiger partial charge in [0, 0.05) is 0 Å². The monoisotopic (exact) mass is 272 g/mol. The van der Waals surface area contributed by atoms with Crippen molar-refractivity contribution in [1.29, 1.82) is 0 Å². The van der Waals surface area contributed by atoms with E-state index >= 15 is 0 Å². The molecule has 1 aromatic carbocycles. The first-order valence-corrected chi connectivity index (χ1v) is 8.20. The Hall–Kier alpha value is -0.820. The lowest BCUT2D eigenvalue weighted by atomic mass is 9.53. The first kappa shape index (κ1) is 14.1. The molecule has 3 atom stereocenters. The van der Waals surface area contributed by atoms with Gasteiger partial charge in [0.05, 0.1) is 5.60 Å². The summed E-state index contributed by atoms with van der Waals surface area (Å²) in [4.78, 5) is 0. The quantitative estimate of drug-likeness (QED) is 0.794. The largest absolute Gasteiger partial charge is 0.390 e. The van der Waals surface area contributed by atoms with Crippen molar-refractivity contribution in [2.24, 2.45) is 5.92 Å². The van der Waals surface area contributed by atoms with Gasteiger partial charge < -0.3 is 5.11 Å². The Morgan fingerprint density at radius 3 is 2.65 bits per heavy atom. The highest BCUT2D eigenvalue weighted by atomic mass is 16.3. The van der Waals surface area contributed by atoms with Crippen LogP contribution in [0.5, 0.6) is 0 Å². The van der Waals surface area contributed by atoms with Crippen molar-refractivity contribution in [2.45, 2.75) is 76.7 Å². The molecule has 1 aromatic rings. The number of hydrogen-bond donors (Lipinski definition) is 1. The van der Waals surface area contributed by atoms with E-state index in [2.05, 4.69) is 45.9 Å². The fourth-order valence-electron chi connectivity index (χ4n) is 4.84. The molecule has 0 radical (unpaired) electrons. The van der Waals surface area contributed by atoms with Crippen molar-refractivity contribution in [3.63, 3.8) is 0 Å². The topological polar surface area (TPSA) is 20.2 Å². The van der Waals surface area contributed by atoms with Crippen molar-refractivity contribution >= 4 is 0 Å².